The minimum absolute atomic E-state index is 0.121. The summed E-state index contributed by atoms with van der Waals surface area (Å²) in [4.78, 5) is 11.7. The van der Waals surface area contributed by atoms with Gasteiger partial charge in [0.1, 0.15) is 0 Å². The van der Waals surface area contributed by atoms with Gasteiger partial charge in [0.25, 0.3) is 0 Å². The number of hydrogen-bond donors (Lipinski definition) is 1. The Bertz CT molecular complexity index is 342. The molecule has 0 fully saturated rings. The van der Waals surface area contributed by atoms with Gasteiger partial charge in [-0.1, -0.05) is 44.5 Å². The predicted octanol–water partition coefficient (Wildman–Crippen LogP) is 3.10. The van der Waals surface area contributed by atoms with E-state index in [2.05, 4.69) is 38.2 Å². The van der Waals surface area contributed by atoms with Crippen LogP contribution in [0.5, 0.6) is 0 Å². The third-order valence-corrected chi connectivity index (χ3v) is 2.92. The monoisotopic (exact) mass is 233 g/mol. The zero-order valence-corrected chi connectivity index (χ0v) is 11.1. The summed E-state index contributed by atoms with van der Waals surface area (Å²) < 4.78 is 0. The SMILES string of the molecule is CCC[C@@H](C)NC(=O)Cc1ccc(CC)cc1. The van der Waals surface area contributed by atoms with Gasteiger partial charge in [0.15, 0.2) is 0 Å². The highest BCUT2D eigenvalue weighted by Gasteiger charge is 2.07. The molecule has 1 atom stereocenters. The lowest BCUT2D eigenvalue weighted by molar-refractivity contribution is -0.121. The van der Waals surface area contributed by atoms with Crippen LogP contribution < -0.4 is 5.32 Å². The molecule has 0 radical (unpaired) electrons. The van der Waals surface area contributed by atoms with Gasteiger partial charge in [-0.25, -0.2) is 0 Å². The highest BCUT2D eigenvalue weighted by Crippen LogP contribution is 2.06. The second kappa shape index (κ2) is 7.10. The fraction of sp³-hybridized carbons (Fsp3) is 0.533. The summed E-state index contributed by atoms with van der Waals surface area (Å²) in [5, 5.41) is 3.02. The Morgan fingerprint density at radius 2 is 1.76 bits per heavy atom. The van der Waals surface area contributed by atoms with Crippen molar-refractivity contribution in [3.05, 3.63) is 35.4 Å². The molecule has 0 heterocycles. The van der Waals surface area contributed by atoms with Crippen molar-refractivity contribution >= 4 is 5.91 Å². The van der Waals surface area contributed by atoms with Gasteiger partial charge >= 0.3 is 0 Å². The number of amides is 1. The smallest absolute Gasteiger partial charge is 0.224 e. The zero-order valence-electron chi connectivity index (χ0n) is 11.1. The molecule has 0 aromatic heterocycles. The van der Waals surface area contributed by atoms with Crippen molar-refractivity contribution in [2.24, 2.45) is 0 Å². The minimum Gasteiger partial charge on any atom is -0.353 e. The van der Waals surface area contributed by atoms with Crippen molar-refractivity contribution in [3.63, 3.8) is 0 Å². The summed E-state index contributed by atoms with van der Waals surface area (Å²) in [6.45, 7) is 6.32. The first-order chi connectivity index (χ1) is 8.15. The molecular weight excluding hydrogens is 210 g/mol. The molecule has 0 aliphatic carbocycles. The molecule has 0 aliphatic heterocycles. The van der Waals surface area contributed by atoms with Gasteiger partial charge in [0, 0.05) is 6.04 Å². The van der Waals surface area contributed by atoms with Crippen LogP contribution in [0, 0.1) is 0 Å². The summed E-state index contributed by atoms with van der Waals surface area (Å²) in [5.74, 6) is 0.121. The summed E-state index contributed by atoms with van der Waals surface area (Å²) in [6, 6.07) is 8.56. The molecule has 2 nitrogen and oxygen atoms in total. The normalized spacial score (nSPS) is 12.2. The Kier molecular flexibility index (Phi) is 5.75. The van der Waals surface area contributed by atoms with E-state index in [1.807, 2.05) is 12.1 Å². The number of aryl methyl sites for hydroxylation is 1. The van der Waals surface area contributed by atoms with Crippen molar-refractivity contribution in [2.45, 2.75) is 52.5 Å². The summed E-state index contributed by atoms with van der Waals surface area (Å²) in [7, 11) is 0. The molecule has 0 unspecified atom stereocenters. The maximum Gasteiger partial charge on any atom is 0.224 e. The first-order valence-corrected chi connectivity index (χ1v) is 6.52. The van der Waals surface area contributed by atoms with Crippen LogP contribution in [0.25, 0.3) is 0 Å². The van der Waals surface area contributed by atoms with E-state index < -0.39 is 0 Å². The van der Waals surface area contributed by atoms with Crippen LogP contribution in [0.1, 0.15) is 44.7 Å². The molecule has 2 heteroatoms. The Hall–Kier alpha value is -1.31. The van der Waals surface area contributed by atoms with E-state index in [0.29, 0.717) is 6.42 Å². The molecule has 0 saturated carbocycles. The van der Waals surface area contributed by atoms with Crippen LogP contribution in [-0.2, 0) is 17.6 Å². The third kappa shape index (κ3) is 5.03. The van der Waals surface area contributed by atoms with E-state index >= 15 is 0 Å². The Morgan fingerprint density at radius 1 is 1.18 bits per heavy atom. The number of carbonyl (C=O) groups is 1. The summed E-state index contributed by atoms with van der Waals surface area (Å²) in [6.07, 6.45) is 3.67. The van der Waals surface area contributed by atoms with Crippen LogP contribution in [0.4, 0.5) is 0 Å². The van der Waals surface area contributed by atoms with Gasteiger partial charge in [-0.05, 0) is 30.9 Å². The molecule has 1 amide bonds. The first-order valence-electron chi connectivity index (χ1n) is 6.52. The fourth-order valence-corrected chi connectivity index (χ4v) is 1.91. The lowest BCUT2D eigenvalue weighted by atomic mass is 10.1. The molecule has 0 bridgehead atoms. The Balaban J connectivity index is 2.44. The van der Waals surface area contributed by atoms with Crippen LogP contribution in [-0.4, -0.2) is 11.9 Å². The average molecular weight is 233 g/mol. The quantitative estimate of drug-likeness (QED) is 0.803. The van der Waals surface area contributed by atoms with Crippen molar-refractivity contribution in [1.29, 1.82) is 0 Å². The highest BCUT2D eigenvalue weighted by atomic mass is 16.1. The molecule has 94 valence electrons. The van der Waals surface area contributed by atoms with Gasteiger partial charge in [-0.3, -0.25) is 4.79 Å². The number of carbonyl (C=O) groups excluding carboxylic acids is 1. The second-order valence-corrected chi connectivity index (χ2v) is 4.60. The van der Waals surface area contributed by atoms with Gasteiger partial charge in [-0.2, -0.15) is 0 Å². The van der Waals surface area contributed by atoms with Crippen molar-refractivity contribution < 1.29 is 4.79 Å². The molecule has 1 aromatic rings. The first kappa shape index (κ1) is 13.8. The van der Waals surface area contributed by atoms with E-state index in [9.17, 15) is 4.79 Å². The Morgan fingerprint density at radius 3 is 2.29 bits per heavy atom. The van der Waals surface area contributed by atoms with Gasteiger partial charge in [-0.15, -0.1) is 0 Å². The van der Waals surface area contributed by atoms with Crippen LogP contribution >= 0.6 is 0 Å². The number of hydrogen-bond acceptors (Lipinski definition) is 1. The van der Waals surface area contributed by atoms with Crippen LogP contribution in [0.15, 0.2) is 24.3 Å². The standard InChI is InChI=1S/C15H23NO/c1-4-6-12(3)16-15(17)11-14-9-7-13(5-2)8-10-14/h7-10,12H,4-6,11H2,1-3H3,(H,16,17)/t12-/m1/s1. The summed E-state index contributed by atoms with van der Waals surface area (Å²) in [5.41, 5.74) is 2.40. The van der Waals surface area contributed by atoms with E-state index in [4.69, 9.17) is 0 Å². The molecule has 0 aliphatic rings. The number of nitrogens with one attached hydrogen (secondary N) is 1. The fourth-order valence-electron chi connectivity index (χ4n) is 1.91. The van der Waals surface area contributed by atoms with Crippen molar-refractivity contribution in [3.8, 4) is 0 Å². The molecule has 0 spiro atoms. The summed E-state index contributed by atoms with van der Waals surface area (Å²) >= 11 is 0. The second-order valence-electron chi connectivity index (χ2n) is 4.60. The zero-order chi connectivity index (χ0) is 12.7. The third-order valence-electron chi connectivity index (χ3n) is 2.92. The van der Waals surface area contributed by atoms with E-state index in [0.717, 1.165) is 24.8 Å². The highest BCUT2D eigenvalue weighted by molar-refractivity contribution is 5.78. The molecule has 1 rings (SSSR count). The lowest BCUT2D eigenvalue weighted by Gasteiger charge is -2.12. The molecule has 0 saturated heterocycles. The molecular formula is C15H23NO. The molecule has 1 N–H and O–H groups in total. The Labute approximate surface area is 104 Å². The lowest BCUT2D eigenvalue weighted by Crippen LogP contribution is -2.33. The predicted molar refractivity (Wildman–Crippen MR) is 72.0 cm³/mol. The molecule has 17 heavy (non-hydrogen) atoms. The van der Waals surface area contributed by atoms with E-state index in [-0.39, 0.29) is 11.9 Å². The van der Waals surface area contributed by atoms with E-state index in [1.165, 1.54) is 5.56 Å². The topological polar surface area (TPSA) is 29.1 Å². The maximum atomic E-state index is 11.7. The maximum absolute atomic E-state index is 11.7. The number of rotatable bonds is 6. The average Bonchev–Trinajstić information content (AvgIpc) is 2.30. The van der Waals surface area contributed by atoms with Crippen LogP contribution in [0.3, 0.4) is 0 Å². The van der Waals surface area contributed by atoms with Crippen LogP contribution in [0.2, 0.25) is 0 Å². The van der Waals surface area contributed by atoms with Gasteiger partial charge < -0.3 is 5.32 Å². The number of benzene rings is 1. The van der Waals surface area contributed by atoms with Gasteiger partial charge in [0.05, 0.1) is 6.42 Å². The van der Waals surface area contributed by atoms with E-state index in [1.54, 1.807) is 0 Å². The largest absolute Gasteiger partial charge is 0.353 e. The van der Waals surface area contributed by atoms with Crippen molar-refractivity contribution in [2.75, 3.05) is 0 Å². The van der Waals surface area contributed by atoms with Crippen molar-refractivity contribution in [1.82, 2.24) is 5.32 Å². The van der Waals surface area contributed by atoms with Gasteiger partial charge in [0.2, 0.25) is 5.91 Å². The minimum atomic E-state index is 0.121. The molecule has 1 aromatic carbocycles.